The molecule has 0 radical (unpaired) electrons. The standard InChI is InChI=1S/C21H27N5O4/c1-12(2)23-18(24-13(3)22)16-11-26-8-9-29-17-10-14(30-21(4,5)20(27)28)6-7-15(17)19(26)25-16/h6-7,10-12H,8-9H2,1-5H3,(H,27,28)(H2,22,23,24). The molecule has 30 heavy (non-hydrogen) atoms. The molecule has 0 atom stereocenters. The third-order valence-electron chi connectivity index (χ3n) is 4.34. The Morgan fingerprint density at radius 1 is 1.40 bits per heavy atom. The Labute approximate surface area is 175 Å². The molecule has 9 nitrogen and oxygen atoms in total. The van der Waals surface area contributed by atoms with Crippen molar-refractivity contribution in [3.63, 3.8) is 0 Å². The molecule has 160 valence electrons. The quantitative estimate of drug-likeness (QED) is 0.574. The first-order valence-corrected chi connectivity index (χ1v) is 9.72. The number of carboxylic acid groups (broad SMARTS) is 1. The number of amidine groups is 2. The van der Waals surface area contributed by atoms with E-state index < -0.39 is 11.6 Å². The van der Waals surface area contributed by atoms with Gasteiger partial charge in [-0.1, -0.05) is 0 Å². The van der Waals surface area contributed by atoms with Gasteiger partial charge in [0.25, 0.3) is 0 Å². The van der Waals surface area contributed by atoms with E-state index >= 15 is 0 Å². The Hall–Kier alpha value is -3.36. The number of imidazole rings is 1. The Bertz CT molecular complexity index is 1020. The fourth-order valence-electron chi connectivity index (χ4n) is 2.94. The molecule has 3 N–H and O–H groups in total. The number of carbonyl (C=O) groups is 1. The van der Waals surface area contributed by atoms with E-state index in [0.717, 1.165) is 5.56 Å². The van der Waals surface area contributed by atoms with Crippen LogP contribution in [-0.4, -0.2) is 50.5 Å². The van der Waals surface area contributed by atoms with E-state index in [0.29, 0.717) is 47.8 Å². The van der Waals surface area contributed by atoms with Crippen molar-refractivity contribution in [2.24, 2.45) is 15.7 Å². The highest BCUT2D eigenvalue weighted by molar-refractivity contribution is 6.04. The Balaban J connectivity index is 2.02. The van der Waals surface area contributed by atoms with Crippen LogP contribution in [0.25, 0.3) is 11.4 Å². The fourth-order valence-corrected chi connectivity index (χ4v) is 2.94. The fraction of sp³-hybridized carbons (Fsp3) is 0.429. The minimum atomic E-state index is -1.36. The number of aliphatic carboxylic acids is 1. The molecule has 0 spiro atoms. The van der Waals surface area contributed by atoms with Crippen LogP contribution in [0.2, 0.25) is 0 Å². The Morgan fingerprint density at radius 2 is 2.13 bits per heavy atom. The number of hydrogen-bond donors (Lipinski definition) is 2. The van der Waals surface area contributed by atoms with E-state index in [-0.39, 0.29) is 6.04 Å². The molecular formula is C21H27N5O4. The Kier molecular flexibility index (Phi) is 5.82. The second-order valence-electron chi connectivity index (χ2n) is 7.87. The smallest absolute Gasteiger partial charge is 0.347 e. The number of rotatable bonds is 5. The van der Waals surface area contributed by atoms with Gasteiger partial charge in [0.15, 0.2) is 11.4 Å². The molecule has 1 aliphatic rings. The van der Waals surface area contributed by atoms with Crippen LogP contribution >= 0.6 is 0 Å². The number of ether oxygens (including phenoxy) is 2. The highest BCUT2D eigenvalue weighted by atomic mass is 16.5. The maximum Gasteiger partial charge on any atom is 0.347 e. The number of aromatic nitrogens is 2. The van der Waals surface area contributed by atoms with Gasteiger partial charge in [-0.3, -0.25) is 4.99 Å². The normalized spacial score (nSPS) is 14.6. The molecule has 0 saturated carbocycles. The van der Waals surface area contributed by atoms with Gasteiger partial charge in [0.05, 0.1) is 17.9 Å². The van der Waals surface area contributed by atoms with E-state index in [1.54, 1.807) is 19.1 Å². The van der Waals surface area contributed by atoms with Crippen LogP contribution in [0.4, 0.5) is 0 Å². The van der Waals surface area contributed by atoms with Gasteiger partial charge in [-0.2, -0.15) is 0 Å². The SMILES string of the molecule is CC(N)=NC(=NC(C)C)c1cn2c(n1)-c1ccc(OC(C)(C)C(=O)O)cc1OCC2. The second-order valence-corrected chi connectivity index (χ2v) is 7.87. The minimum Gasteiger partial charge on any atom is -0.491 e. The molecule has 1 aromatic carbocycles. The zero-order valence-electron chi connectivity index (χ0n) is 17.8. The summed E-state index contributed by atoms with van der Waals surface area (Å²) in [7, 11) is 0. The molecule has 1 aromatic heterocycles. The van der Waals surface area contributed by atoms with Crippen LogP contribution in [0.1, 0.15) is 40.3 Å². The largest absolute Gasteiger partial charge is 0.491 e. The van der Waals surface area contributed by atoms with Crippen LogP contribution in [0.15, 0.2) is 34.4 Å². The zero-order chi connectivity index (χ0) is 22.1. The zero-order valence-corrected chi connectivity index (χ0v) is 17.8. The summed E-state index contributed by atoms with van der Waals surface area (Å²) >= 11 is 0. The van der Waals surface area contributed by atoms with Crippen molar-refractivity contribution in [3.05, 3.63) is 30.1 Å². The average Bonchev–Trinajstić information content (AvgIpc) is 2.97. The molecule has 0 bridgehead atoms. The van der Waals surface area contributed by atoms with Crippen molar-refractivity contribution < 1.29 is 19.4 Å². The number of nitrogens with two attached hydrogens (primary N) is 1. The average molecular weight is 413 g/mol. The summed E-state index contributed by atoms with van der Waals surface area (Å²) in [4.78, 5) is 25.0. The summed E-state index contributed by atoms with van der Waals surface area (Å²) in [5, 5.41) is 9.30. The lowest BCUT2D eigenvalue weighted by Gasteiger charge is -2.22. The van der Waals surface area contributed by atoms with Crippen molar-refractivity contribution in [2.45, 2.75) is 52.8 Å². The number of hydrogen-bond acceptors (Lipinski definition) is 5. The van der Waals surface area contributed by atoms with Gasteiger partial charge in [-0.05, 0) is 46.8 Å². The first-order valence-electron chi connectivity index (χ1n) is 9.72. The molecule has 0 unspecified atom stereocenters. The summed E-state index contributed by atoms with van der Waals surface area (Å²) in [5.41, 5.74) is 5.82. The first kappa shape index (κ1) is 21.4. The predicted molar refractivity (Wildman–Crippen MR) is 114 cm³/mol. The van der Waals surface area contributed by atoms with Crippen molar-refractivity contribution in [1.29, 1.82) is 0 Å². The van der Waals surface area contributed by atoms with E-state index in [1.165, 1.54) is 13.8 Å². The van der Waals surface area contributed by atoms with Crippen molar-refractivity contribution in [3.8, 4) is 22.9 Å². The minimum absolute atomic E-state index is 0.0394. The van der Waals surface area contributed by atoms with E-state index in [2.05, 4.69) is 9.98 Å². The number of nitrogens with zero attached hydrogens (tertiary/aromatic N) is 4. The van der Waals surface area contributed by atoms with Crippen molar-refractivity contribution in [1.82, 2.24) is 9.55 Å². The van der Waals surface area contributed by atoms with Crippen LogP contribution in [0, 0.1) is 0 Å². The molecule has 3 rings (SSSR count). The molecule has 2 aromatic rings. The Morgan fingerprint density at radius 3 is 2.77 bits per heavy atom. The summed E-state index contributed by atoms with van der Waals surface area (Å²) in [6.45, 7) is 9.65. The van der Waals surface area contributed by atoms with Gasteiger partial charge in [0.2, 0.25) is 0 Å². The molecule has 0 fully saturated rings. The summed E-state index contributed by atoms with van der Waals surface area (Å²) < 4.78 is 13.5. The van der Waals surface area contributed by atoms with Crippen LogP contribution in [-0.2, 0) is 11.3 Å². The highest BCUT2D eigenvalue weighted by Crippen LogP contribution is 2.36. The van der Waals surface area contributed by atoms with Crippen molar-refractivity contribution in [2.75, 3.05) is 6.61 Å². The second kappa shape index (κ2) is 8.17. The van der Waals surface area contributed by atoms with Crippen LogP contribution < -0.4 is 15.2 Å². The van der Waals surface area contributed by atoms with Gasteiger partial charge in [-0.15, -0.1) is 0 Å². The molecule has 1 aliphatic heterocycles. The number of carboxylic acids is 1. The van der Waals surface area contributed by atoms with Gasteiger partial charge in [0.1, 0.15) is 29.6 Å². The van der Waals surface area contributed by atoms with Crippen LogP contribution in [0.5, 0.6) is 11.5 Å². The third kappa shape index (κ3) is 4.61. The summed E-state index contributed by atoms with van der Waals surface area (Å²) in [6, 6.07) is 5.25. The molecule has 0 amide bonds. The number of aliphatic imine (C=N–C) groups is 2. The van der Waals surface area contributed by atoms with Gasteiger partial charge >= 0.3 is 5.97 Å². The third-order valence-corrected chi connectivity index (χ3v) is 4.34. The van der Waals surface area contributed by atoms with Gasteiger partial charge in [-0.25, -0.2) is 14.8 Å². The predicted octanol–water partition coefficient (Wildman–Crippen LogP) is 2.72. The molecular weight excluding hydrogens is 386 g/mol. The maximum atomic E-state index is 11.4. The van der Waals surface area contributed by atoms with Crippen molar-refractivity contribution >= 4 is 17.6 Å². The molecule has 0 saturated heterocycles. The lowest BCUT2D eigenvalue weighted by molar-refractivity contribution is -0.152. The topological polar surface area (TPSA) is 124 Å². The highest BCUT2D eigenvalue weighted by Gasteiger charge is 2.30. The van der Waals surface area contributed by atoms with Gasteiger partial charge in [0, 0.05) is 18.3 Å². The summed E-state index contributed by atoms with van der Waals surface area (Å²) in [5.74, 6) is 1.53. The van der Waals surface area contributed by atoms with E-state index in [1.807, 2.05) is 30.7 Å². The first-order chi connectivity index (χ1) is 14.1. The summed E-state index contributed by atoms with van der Waals surface area (Å²) in [6.07, 6.45) is 1.89. The van der Waals surface area contributed by atoms with E-state index in [4.69, 9.17) is 20.2 Å². The molecule has 9 heteroatoms. The van der Waals surface area contributed by atoms with Crippen LogP contribution in [0.3, 0.4) is 0 Å². The van der Waals surface area contributed by atoms with Gasteiger partial charge < -0.3 is 24.9 Å². The molecule has 2 heterocycles. The number of benzene rings is 1. The number of fused-ring (bicyclic) bond motifs is 3. The molecule has 0 aliphatic carbocycles. The lowest BCUT2D eigenvalue weighted by atomic mass is 10.1. The monoisotopic (exact) mass is 413 g/mol. The van der Waals surface area contributed by atoms with E-state index in [9.17, 15) is 9.90 Å². The maximum absolute atomic E-state index is 11.4. The lowest BCUT2D eigenvalue weighted by Crippen LogP contribution is -2.37.